The fourth-order valence-corrected chi connectivity index (χ4v) is 2.62. The first kappa shape index (κ1) is 23.3. The predicted octanol–water partition coefficient (Wildman–Crippen LogP) is 0.638. The van der Waals surface area contributed by atoms with E-state index in [1.807, 2.05) is 35.5 Å². The molecule has 0 spiro atoms. The number of ether oxygens (including phenoxy) is 3. The van der Waals surface area contributed by atoms with E-state index in [1.165, 1.54) is 0 Å². The van der Waals surface area contributed by atoms with E-state index in [1.54, 1.807) is 0 Å². The van der Waals surface area contributed by atoms with Crippen LogP contribution in [-0.2, 0) is 28.6 Å². The zero-order valence-corrected chi connectivity index (χ0v) is 16.8. The molecule has 1 heterocycles. The van der Waals surface area contributed by atoms with Gasteiger partial charge in [-0.3, -0.25) is 29.1 Å². The first-order valence-electron chi connectivity index (χ1n) is 9.62. The van der Waals surface area contributed by atoms with Crippen LogP contribution in [0.5, 0.6) is 0 Å². The molecule has 9 heteroatoms. The molecular formula is C18H33N3O6. The van der Waals surface area contributed by atoms with E-state index in [9.17, 15) is 14.4 Å². The standard InChI is InChI=1S/C18H33N3O6/c1-4-7-25-16(22)10-19-13-20(11-17(23)26-8-5-2)15-21(14-19)12-18(24)27-9-6-3/h4-15H2,1-3H3. The number of rotatable bonds is 12. The lowest BCUT2D eigenvalue weighted by Gasteiger charge is -2.40. The molecule has 0 bridgehead atoms. The minimum atomic E-state index is -0.319. The Kier molecular flexibility index (Phi) is 11.6. The highest BCUT2D eigenvalue weighted by Gasteiger charge is 2.28. The van der Waals surface area contributed by atoms with Gasteiger partial charge in [0, 0.05) is 0 Å². The van der Waals surface area contributed by atoms with Gasteiger partial charge in [-0.1, -0.05) is 20.8 Å². The summed E-state index contributed by atoms with van der Waals surface area (Å²) in [7, 11) is 0. The van der Waals surface area contributed by atoms with E-state index in [0.717, 1.165) is 19.3 Å². The fourth-order valence-electron chi connectivity index (χ4n) is 2.62. The van der Waals surface area contributed by atoms with Crippen molar-refractivity contribution in [2.75, 3.05) is 59.5 Å². The third-order valence-electron chi connectivity index (χ3n) is 3.66. The molecule has 156 valence electrons. The molecule has 9 nitrogen and oxygen atoms in total. The van der Waals surface area contributed by atoms with Crippen LogP contribution in [0.25, 0.3) is 0 Å². The molecule has 1 saturated heterocycles. The maximum atomic E-state index is 11.9. The van der Waals surface area contributed by atoms with Crippen molar-refractivity contribution in [1.82, 2.24) is 14.7 Å². The Bertz CT molecular complexity index is 401. The Morgan fingerprint density at radius 3 is 1.07 bits per heavy atom. The lowest BCUT2D eigenvalue weighted by molar-refractivity contribution is -0.154. The van der Waals surface area contributed by atoms with Gasteiger partial charge in [-0.2, -0.15) is 0 Å². The molecule has 0 amide bonds. The number of carbonyl (C=O) groups is 3. The normalized spacial score (nSPS) is 16.1. The number of nitrogens with zero attached hydrogens (tertiary/aromatic N) is 3. The summed E-state index contributed by atoms with van der Waals surface area (Å²) in [5, 5.41) is 0. The molecule has 0 aromatic rings. The van der Waals surface area contributed by atoms with Crippen LogP contribution in [0.1, 0.15) is 40.0 Å². The van der Waals surface area contributed by atoms with E-state index < -0.39 is 0 Å². The van der Waals surface area contributed by atoms with Crippen molar-refractivity contribution in [3.63, 3.8) is 0 Å². The first-order valence-corrected chi connectivity index (χ1v) is 9.62. The van der Waals surface area contributed by atoms with Crippen molar-refractivity contribution in [3.05, 3.63) is 0 Å². The van der Waals surface area contributed by atoms with Crippen LogP contribution in [0.4, 0.5) is 0 Å². The highest BCUT2D eigenvalue weighted by molar-refractivity contribution is 5.73. The quantitative estimate of drug-likeness (QED) is 0.353. The van der Waals surface area contributed by atoms with Crippen molar-refractivity contribution in [1.29, 1.82) is 0 Å². The number of esters is 3. The van der Waals surface area contributed by atoms with Gasteiger partial charge in [0.05, 0.1) is 59.5 Å². The predicted molar refractivity (Wildman–Crippen MR) is 98.5 cm³/mol. The monoisotopic (exact) mass is 387 g/mol. The van der Waals surface area contributed by atoms with E-state index in [4.69, 9.17) is 14.2 Å². The Balaban J connectivity index is 2.62. The maximum absolute atomic E-state index is 11.9. The van der Waals surface area contributed by atoms with Gasteiger partial charge < -0.3 is 14.2 Å². The maximum Gasteiger partial charge on any atom is 0.320 e. The SMILES string of the molecule is CCCOC(=O)CN1CN(CC(=O)OCCC)CN(CC(=O)OCCC)C1. The molecule has 0 saturated carbocycles. The van der Waals surface area contributed by atoms with Crippen LogP contribution in [0.2, 0.25) is 0 Å². The van der Waals surface area contributed by atoms with E-state index in [2.05, 4.69) is 0 Å². The third kappa shape index (κ3) is 10.3. The van der Waals surface area contributed by atoms with Crippen molar-refractivity contribution in [2.45, 2.75) is 40.0 Å². The molecule has 0 atom stereocenters. The first-order chi connectivity index (χ1) is 13.0. The van der Waals surface area contributed by atoms with Crippen LogP contribution in [0.3, 0.4) is 0 Å². The van der Waals surface area contributed by atoms with Crippen molar-refractivity contribution in [3.8, 4) is 0 Å². The van der Waals surface area contributed by atoms with Gasteiger partial charge in [-0.15, -0.1) is 0 Å². The van der Waals surface area contributed by atoms with Gasteiger partial charge in [0.15, 0.2) is 0 Å². The lowest BCUT2D eigenvalue weighted by Crippen LogP contribution is -2.58. The van der Waals surface area contributed by atoms with Crippen molar-refractivity contribution >= 4 is 17.9 Å². The molecule has 1 aliphatic rings. The summed E-state index contributed by atoms with van der Waals surface area (Å²) in [4.78, 5) is 41.3. The zero-order chi connectivity index (χ0) is 20.1. The molecule has 0 aliphatic carbocycles. The summed E-state index contributed by atoms with van der Waals surface area (Å²) < 4.78 is 15.4. The molecule has 0 aromatic heterocycles. The lowest BCUT2D eigenvalue weighted by atomic mass is 10.4. The number of carbonyl (C=O) groups excluding carboxylic acids is 3. The second-order valence-corrected chi connectivity index (χ2v) is 6.57. The average Bonchev–Trinajstić information content (AvgIpc) is 2.62. The van der Waals surface area contributed by atoms with Crippen molar-refractivity contribution < 1.29 is 28.6 Å². The summed E-state index contributed by atoms with van der Waals surface area (Å²) >= 11 is 0. The third-order valence-corrected chi connectivity index (χ3v) is 3.66. The molecule has 1 aliphatic heterocycles. The highest BCUT2D eigenvalue weighted by atomic mass is 16.5. The largest absolute Gasteiger partial charge is 0.465 e. The minimum absolute atomic E-state index is 0.0982. The van der Waals surface area contributed by atoms with E-state index in [0.29, 0.717) is 39.8 Å². The van der Waals surface area contributed by atoms with Gasteiger partial charge in [-0.05, 0) is 19.3 Å². The average molecular weight is 387 g/mol. The van der Waals surface area contributed by atoms with Crippen LogP contribution in [0.15, 0.2) is 0 Å². The summed E-state index contributed by atoms with van der Waals surface area (Å²) in [6.45, 7) is 8.49. The van der Waals surface area contributed by atoms with Gasteiger partial charge in [-0.25, -0.2) is 0 Å². The fraction of sp³-hybridized carbons (Fsp3) is 0.833. The van der Waals surface area contributed by atoms with Gasteiger partial charge >= 0.3 is 17.9 Å². The molecule has 1 fully saturated rings. The second-order valence-electron chi connectivity index (χ2n) is 6.57. The number of hydrogen-bond donors (Lipinski definition) is 0. The molecule has 0 unspecified atom stereocenters. The number of hydrogen-bond acceptors (Lipinski definition) is 9. The summed E-state index contributed by atoms with van der Waals surface area (Å²) in [5.74, 6) is -0.956. The summed E-state index contributed by atoms with van der Waals surface area (Å²) in [6.07, 6.45) is 2.28. The Morgan fingerprint density at radius 1 is 0.593 bits per heavy atom. The zero-order valence-electron chi connectivity index (χ0n) is 16.8. The Labute approximate surface area is 161 Å². The van der Waals surface area contributed by atoms with E-state index in [-0.39, 0.29) is 37.5 Å². The Morgan fingerprint density at radius 2 is 0.852 bits per heavy atom. The molecular weight excluding hydrogens is 354 g/mol. The van der Waals surface area contributed by atoms with Gasteiger partial charge in [0.2, 0.25) is 0 Å². The van der Waals surface area contributed by atoms with Crippen LogP contribution in [0, 0.1) is 0 Å². The smallest absolute Gasteiger partial charge is 0.320 e. The molecule has 0 N–H and O–H groups in total. The van der Waals surface area contributed by atoms with Crippen LogP contribution in [-0.4, -0.2) is 92.1 Å². The van der Waals surface area contributed by atoms with Crippen LogP contribution < -0.4 is 0 Å². The summed E-state index contributed by atoms with van der Waals surface area (Å²) in [6, 6.07) is 0. The molecule has 27 heavy (non-hydrogen) atoms. The van der Waals surface area contributed by atoms with Crippen LogP contribution >= 0.6 is 0 Å². The van der Waals surface area contributed by atoms with Gasteiger partial charge in [0.25, 0.3) is 0 Å². The second kappa shape index (κ2) is 13.5. The topological polar surface area (TPSA) is 88.6 Å². The molecule has 0 radical (unpaired) electrons. The van der Waals surface area contributed by atoms with Gasteiger partial charge in [0.1, 0.15) is 0 Å². The molecule has 0 aromatic carbocycles. The highest BCUT2D eigenvalue weighted by Crippen LogP contribution is 2.08. The van der Waals surface area contributed by atoms with Crippen molar-refractivity contribution in [2.24, 2.45) is 0 Å². The molecule has 1 rings (SSSR count). The Hall–Kier alpha value is -1.71. The summed E-state index contributed by atoms with van der Waals surface area (Å²) in [5.41, 5.74) is 0. The minimum Gasteiger partial charge on any atom is -0.465 e. The van der Waals surface area contributed by atoms with E-state index >= 15 is 0 Å².